The molecule has 0 saturated heterocycles. The van der Waals surface area contributed by atoms with Gasteiger partial charge in [-0.05, 0) is 24.3 Å². The van der Waals surface area contributed by atoms with Crippen LogP contribution in [-0.4, -0.2) is 22.1 Å². The molecule has 1 heterocycles. The van der Waals surface area contributed by atoms with Crippen molar-refractivity contribution in [1.29, 1.82) is 0 Å². The fourth-order valence-corrected chi connectivity index (χ4v) is 2.94. The standard InChI is InChI=1S/C13H13F2NO4S/c1-19-12(11-6-3-7-20-11)8-16-21(17,18)13-9(14)4-2-5-10(13)15/h2-7,12,16H,8H2,1H3. The summed E-state index contributed by atoms with van der Waals surface area (Å²) >= 11 is 0. The third-order valence-electron chi connectivity index (χ3n) is 2.79. The first-order valence-corrected chi connectivity index (χ1v) is 7.44. The van der Waals surface area contributed by atoms with Gasteiger partial charge in [-0.1, -0.05) is 6.07 Å². The fraction of sp³-hybridized carbons (Fsp3) is 0.231. The average Bonchev–Trinajstić information content (AvgIpc) is 2.93. The zero-order valence-electron chi connectivity index (χ0n) is 11.0. The van der Waals surface area contributed by atoms with Gasteiger partial charge in [0.1, 0.15) is 23.5 Å². The van der Waals surface area contributed by atoms with Crippen LogP contribution >= 0.6 is 0 Å². The number of rotatable bonds is 6. The van der Waals surface area contributed by atoms with Crippen LogP contribution in [0.4, 0.5) is 8.78 Å². The highest BCUT2D eigenvalue weighted by molar-refractivity contribution is 7.89. The van der Waals surface area contributed by atoms with Crippen LogP contribution in [0.3, 0.4) is 0 Å². The van der Waals surface area contributed by atoms with Crippen LogP contribution in [0.5, 0.6) is 0 Å². The highest BCUT2D eigenvalue weighted by Crippen LogP contribution is 2.20. The van der Waals surface area contributed by atoms with Crippen LogP contribution in [0, 0.1) is 11.6 Å². The van der Waals surface area contributed by atoms with Crippen molar-refractivity contribution in [3.8, 4) is 0 Å². The van der Waals surface area contributed by atoms with E-state index < -0.39 is 32.7 Å². The van der Waals surface area contributed by atoms with Gasteiger partial charge >= 0.3 is 0 Å². The Labute approximate surface area is 120 Å². The summed E-state index contributed by atoms with van der Waals surface area (Å²) in [4.78, 5) is -1.01. The summed E-state index contributed by atoms with van der Waals surface area (Å²) < 4.78 is 63.3. The molecule has 0 spiro atoms. The monoisotopic (exact) mass is 317 g/mol. The number of halogens is 2. The zero-order chi connectivity index (χ0) is 15.5. The second kappa shape index (κ2) is 6.33. The molecule has 5 nitrogen and oxygen atoms in total. The number of benzene rings is 1. The van der Waals surface area contributed by atoms with Gasteiger partial charge in [0.25, 0.3) is 0 Å². The number of furan rings is 1. The van der Waals surface area contributed by atoms with E-state index in [1.54, 1.807) is 12.1 Å². The smallest absolute Gasteiger partial charge is 0.246 e. The molecular weight excluding hydrogens is 304 g/mol. The molecule has 0 aliphatic carbocycles. The van der Waals surface area contributed by atoms with Crippen LogP contribution in [0.25, 0.3) is 0 Å². The average molecular weight is 317 g/mol. The van der Waals surface area contributed by atoms with Crippen molar-refractivity contribution >= 4 is 10.0 Å². The predicted octanol–water partition coefficient (Wildman–Crippen LogP) is 2.22. The summed E-state index contributed by atoms with van der Waals surface area (Å²) in [6, 6.07) is 6.05. The summed E-state index contributed by atoms with van der Waals surface area (Å²) in [5, 5.41) is 0. The Morgan fingerprint density at radius 2 is 1.90 bits per heavy atom. The molecule has 8 heteroatoms. The molecular formula is C13H13F2NO4S. The number of ether oxygens (including phenoxy) is 1. The van der Waals surface area contributed by atoms with E-state index in [1.165, 1.54) is 13.4 Å². The molecule has 0 fully saturated rings. The maximum Gasteiger partial charge on any atom is 0.246 e. The first-order valence-electron chi connectivity index (χ1n) is 5.95. The molecule has 0 radical (unpaired) electrons. The minimum Gasteiger partial charge on any atom is -0.467 e. The van der Waals surface area contributed by atoms with E-state index in [1.807, 2.05) is 0 Å². The van der Waals surface area contributed by atoms with Gasteiger partial charge in [-0.15, -0.1) is 0 Å². The predicted molar refractivity (Wildman–Crippen MR) is 70.0 cm³/mol. The summed E-state index contributed by atoms with van der Waals surface area (Å²) in [5.74, 6) is -1.92. The minimum absolute atomic E-state index is 0.222. The van der Waals surface area contributed by atoms with Crippen LogP contribution in [0.2, 0.25) is 0 Å². The molecule has 21 heavy (non-hydrogen) atoms. The Hall–Kier alpha value is -1.77. The summed E-state index contributed by atoms with van der Waals surface area (Å²) in [7, 11) is -2.97. The van der Waals surface area contributed by atoms with Gasteiger partial charge in [-0.2, -0.15) is 0 Å². The first kappa shape index (κ1) is 15.6. The quantitative estimate of drug-likeness (QED) is 0.887. The lowest BCUT2D eigenvalue weighted by atomic mass is 10.3. The van der Waals surface area contributed by atoms with Crippen molar-refractivity contribution in [3.05, 3.63) is 54.0 Å². The maximum absolute atomic E-state index is 13.5. The van der Waals surface area contributed by atoms with Gasteiger partial charge in [0, 0.05) is 13.7 Å². The van der Waals surface area contributed by atoms with E-state index in [0.717, 1.165) is 18.2 Å². The van der Waals surface area contributed by atoms with Crippen molar-refractivity contribution in [3.63, 3.8) is 0 Å². The Bertz CT molecular complexity index is 681. The molecule has 0 aliphatic rings. The van der Waals surface area contributed by atoms with Crippen molar-refractivity contribution in [1.82, 2.24) is 4.72 Å². The van der Waals surface area contributed by atoms with Crippen molar-refractivity contribution in [2.75, 3.05) is 13.7 Å². The second-order valence-corrected chi connectivity index (χ2v) is 5.85. The van der Waals surface area contributed by atoms with E-state index in [-0.39, 0.29) is 6.54 Å². The number of hydrogen-bond acceptors (Lipinski definition) is 4. The largest absolute Gasteiger partial charge is 0.467 e. The fourth-order valence-electron chi connectivity index (χ4n) is 1.77. The first-order chi connectivity index (χ1) is 9.95. The topological polar surface area (TPSA) is 68.5 Å². The molecule has 0 amide bonds. The third-order valence-corrected chi connectivity index (χ3v) is 4.27. The Kier molecular flexibility index (Phi) is 4.71. The Morgan fingerprint density at radius 3 is 2.43 bits per heavy atom. The highest BCUT2D eigenvalue weighted by Gasteiger charge is 2.25. The molecule has 1 aromatic heterocycles. The van der Waals surface area contributed by atoms with E-state index in [4.69, 9.17) is 9.15 Å². The molecule has 0 bridgehead atoms. The third kappa shape index (κ3) is 3.46. The van der Waals surface area contributed by atoms with E-state index in [9.17, 15) is 17.2 Å². The Morgan fingerprint density at radius 1 is 1.24 bits per heavy atom. The lowest BCUT2D eigenvalue weighted by Gasteiger charge is -2.14. The van der Waals surface area contributed by atoms with Crippen LogP contribution in [0.1, 0.15) is 11.9 Å². The summed E-state index contributed by atoms with van der Waals surface area (Å²) in [5.41, 5.74) is 0. The summed E-state index contributed by atoms with van der Waals surface area (Å²) in [6.45, 7) is -0.222. The number of methoxy groups -OCH3 is 1. The molecule has 1 atom stereocenters. The SMILES string of the molecule is COC(CNS(=O)(=O)c1c(F)cccc1F)c1ccco1. The molecule has 1 aromatic carbocycles. The van der Waals surface area contributed by atoms with Crippen molar-refractivity contribution in [2.45, 2.75) is 11.0 Å². The molecule has 114 valence electrons. The lowest BCUT2D eigenvalue weighted by molar-refractivity contribution is 0.0878. The van der Waals surface area contributed by atoms with Gasteiger partial charge < -0.3 is 9.15 Å². The van der Waals surface area contributed by atoms with E-state index in [2.05, 4.69) is 4.72 Å². The lowest BCUT2D eigenvalue weighted by Crippen LogP contribution is -2.30. The molecule has 0 aliphatic heterocycles. The highest BCUT2D eigenvalue weighted by atomic mass is 32.2. The zero-order valence-corrected chi connectivity index (χ0v) is 11.9. The van der Waals surface area contributed by atoms with Gasteiger partial charge in [0.2, 0.25) is 10.0 Å². The Balaban J connectivity index is 2.18. The molecule has 1 N–H and O–H groups in total. The van der Waals surface area contributed by atoms with Gasteiger partial charge in [0.15, 0.2) is 4.90 Å². The normalized spacial score (nSPS) is 13.3. The molecule has 1 unspecified atom stereocenters. The van der Waals surface area contributed by atoms with Crippen LogP contribution < -0.4 is 4.72 Å². The second-order valence-electron chi connectivity index (χ2n) is 4.14. The van der Waals surface area contributed by atoms with Crippen molar-refractivity contribution in [2.24, 2.45) is 0 Å². The minimum atomic E-state index is -4.34. The van der Waals surface area contributed by atoms with Crippen LogP contribution in [-0.2, 0) is 14.8 Å². The molecule has 2 aromatic rings. The number of sulfonamides is 1. The van der Waals surface area contributed by atoms with Crippen molar-refractivity contribution < 1.29 is 26.4 Å². The van der Waals surface area contributed by atoms with Crippen LogP contribution in [0.15, 0.2) is 45.9 Å². The molecule has 0 saturated carbocycles. The number of nitrogens with one attached hydrogen (secondary N) is 1. The van der Waals surface area contributed by atoms with E-state index >= 15 is 0 Å². The van der Waals surface area contributed by atoms with Gasteiger partial charge in [-0.25, -0.2) is 21.9 Å². The van der Waals surface area contributed by atoms with Gasteiger partial charge in [-0.3, -0.25) is 0 Å². The molecule has 2 rings (SSSR count). The number of hydrogen-bond donors (Lipinski definition) is 1. The maximum atomic E-state index is 13.5. The summed E-state index contributed by atoms with van der Waals surface area (Å²) in [6.07, 6.45) is 0.705. The van der Waals surface area contributed by atoms with Gasteiger partial charge in [0.05, 0.1) is 6.26 Å². The van der Waals surface area contributed by atoms with E-state index in [0.29, 0.717) is 5.76 Å².